The minimum Gasteiger partial charge on any atom is -0.345 e. The zero-order valence-corrected chi connectivity index (χ0v) is 15.1. The molecule has 2 aromatic heterocycles. The second-order valence-electron chi connectivity index (χ2n) is 5.79. The summed E-state index contributed by atoms with van der Waals surface area (Å²) in [7, 11) is 0. The lowest BCUT2D eigenvalue weighted by atomic mass is 10.2. The lowest BCUT2D eigenvalue weighted by Gasteiger charge is -2.14. The van der Waals surface area contributed by atoms with Gasteiger partial charge in [0, 0.05) is 4.88 Å². The Morgan fingerprint density at radius 1 is 1.32 bits per heavy atom. The topological polar surface area (TPSA) is 89.8 Å². The Morgan fingerprint density at radius 2 is 2.08 bits per heavy atom. The summed E-state index contributed by atoms with van der Waals surface area (Å²) in [4.78, 5) is 30.4. The van der Waals surface area contributed by atoms with E-state index >= 15 is 0 Å². The molecular formula is C17H19N5O2S. The van der Waals surface area contributed by atoms with Crippen molar-refractivity contribution in [1.82, 2.24) is 25.3 Å². The molecule has 7 nitrogen and oxygen atoms in total. The van der Waals surface area contributed by atoms with Crippen molar-refractivity contribution >= 4 is 28.1 Å². The Kier molecular flexibility index (Phi) is 4.89. The second-order valence-corrected chi connectivity index (χ2v) is 7.03. The normalized spacial score (nSPS) is 12.3. The lowest BCUT2D eigenvalue weighted by molar-refractivity contribution is -0.122. The van der Waals surface area contributed by atoms with Gasteiger partial charge in [-0.05, 0) is 32.4 Å². The maximum atomic E-state index is 12.4. The van der Waals surface area contributed by atoms with Crippen LogP contribution >= 0.6 is 11.3 Å². The molecule has 130 valence electrons. The van der Waals surface area contributed by atoms with Crippen molar-refractivity contribution in [2.75, 3.05) is 0 Å². The summed E-state index contributed by atoms with van der Waals surface area (Å²) in [5.41, 5.74) is 1.17. The van der Waals surface area contributed by atoms with Gasteiger partial charge in [-0.1, -0.05) is 24.3 Å². The van der Waals surface area contributed by atoms with Crippen LogP contribution in [0.2, 0.25) is 0 Å². The van der Waals surface area contributed by atoms with Crippen LogP contribution in [-0.4, -0.2) is 25.9 Å². The number of aromatic nitrogens is 4. The number of carbonyl (C=O) groups excluding carboxylic acids is 1. The van der Waals surface area contributed by atoms with E-state index in [1.807, 2.05) is 20.8 Å². The summed E-state index contributed by atoms with van der Waals surface area (Å²) in [6, 6.07) is 6.77. The Hall–Kier alpha value is -2.61. The minimum absolute atomic E-state index is 0.170. The summed E-state index contributed by atoms with van der Waals surface area (Å²) in [6.07, 6.45) is 0.719. The zero-order valence-electron chi connectivity index (χ0n) is 14.3. The van der Waals surface area contributed by atoms with Gasteiger partial charge in [0.1, 0.15) is 17.1 Å². The summed E-state index contributed by atoms with van der Waals surface area (Å²) >= 11 is 1.58. The van der Waals surface area contributed by atoms with Crippen LogP contribution in [-0.2, 0) is 11.3 Å². The van der Waals surface area contributed by atoms with Crippen LogP contribution in [0.25, 0.3) is 10.9 Å². The van der Waals surface area contributed by atoms with Gasteiger partial charge in [-0.3, -0.25) is 9.59 Å². The van der Waals surface area contributed by atoms with Crippen molar-refractivity contribution in [3.05, 3.63) is 50.2 Å². The van der Waals surface area contributed by atoms with E-state index in [-0.39, 0.29) is 24.1 Å². The van der Waals surface area contributed by atoms with Gasteiger partial charge >= 0.3 is 0 Å². The van der Waals surface area contributed by atoms with E-state index in [0.717, 1.165) is 26.7 Å². The maximum absolute atomic E-state index is 12.4. The van der Waals surface area contributed by atoms with Gasteiger partial charge in [-0.15, -0.1) is 16.4 Å². The molecule has 3 aromatic rings. The summed E-state index contributed by atoms with van der Waals surface area (Å²) in [5, 5.41) is 12.1. The van der Waals surface area contributed by atoms with E-state index in [1.54, 1.807) is 35.6 Å². The molecule has 1 atom stereocenters. The first kappa shape index (κ1) is 17.2. The van der Waals surface area contributed by atoms with Gasteiger partial charge in [0.25, 0.3) is 5.56 Å². The molecule has 2 heterocycles. The van der Waals surface area contributed by atoms with Crippen LogP contribution in [0.4, 0.5) is 0 Å². The average molecular weight is 357 g/mol. The summed E-state index contributed by atoms with van der Waals surface area (Å²) < 4.78 is 1.09. The zero-order chi connectivity index (χ0) is 18.0. The molecule has 0 saturated heterocycles. The quantitative estimate of drug-likeness (QED) is 0.755. The van der Waals surface area contributed by atoms with E-state index < -0.39 is 0 Å². The molecule has 0 aliphatic heterocycles. The van der Waals surface area contributed by atoms with Gasteiger partial charge in [-0.25, -0.2) is 9.67 Å². The molecule has 0 spiro atoms. The molecule has 0 saturated carbocycles. The first-order valence-electron chi connectivity index (χ1n) is 8.05. The second kappa shape index (κ2) is 7.10. The standard InChI is InChI=1S/C17H19N5O2S/c1-4-13(16-18-10(2)11(3)25-16)19-15(23)9-22-17(24)12-7-5-6-8-14(12)20-21-22/h5-8,13H,4,9H2,1-3H3,(H,19,23)/t13-/m0/s1. The smallest absolute Gasteiger partial charge is 0.278 e. The number of hydrogen-bond donors (Lipinski definition) is 1. The SMILES string of the molecule is CC[C@H](NC(=O)Cn1nnc2ccccc2c1=O)c1nc(C)c(C)s1. The van der Waals surface area contributed by atoms with E-state index in [1.165, 1.54) is 0 Å². The number of amides is 1. The lowest BCUT2D eigenvalue weighted by Crippen LogP contribution is -2.36. The fourth-order valence-electron chi connectivity index (χ4n) is 2.49. The van der Waals surface area contributed by atoms with E-state index in [4.69, 9.17) is 0 Å². The highest BCUT2D eigenvalue weighted by Gasteiger charge is 2.18. The Labute approximate surface area is 148 Å². The molecule has 1 amide bonds. The number of benzene rings is 1. The van der Waals surface area contributed by atoms with Gasteiger partial charge in [-0.2, -0.15) is 0 Å². The third-order valence-electron chi connectivity index (χ3n) is 4.01. The van der Waals surface area contributed by atoms with E-state index in [0.29, 0.717) is 10.9 Å². The van der Waals surface area contributed by atoms with Gasteiger partial charge in [0.05, 0.1) is 17.1 Å². The number of aryl methyl sites for hydroxylation is 2. The summed E-state index contributed by atoms with van der Waals surface area (Å²) in [6.45, 7) is 5.78. The highest BCUT2D eigenvalue weighted by atomic mass is 32.1. The minimum atomic E-state index is -0.324. The Balaban J connectivity index is 1.78. The largest absolute Gasteiger partial charge is 0.345 e. The Bertz CT molecular complexity index is 959. The van der Waals surface area contributed by atoms with Crippen molar-refractivity contribution in [2.45, 2.75) is 39.8 Å². The van der Waals surface area contributed by atoms with E-state index in [9.17, 15) is 9.59 Å². The van der Waals surface area contributed by atoms with Crippen LogP contribution in [0.1, 0.15) is 35.0 Å². The van der Waals surface area contributed by atoms with Crippen molar-refractivity contribution in [2.24, 2.45) is 0 Å². The molecule has 0 aliphatic carbocycles. The molecule has 0 radical (unpaired) electrons. The predicted octanol–water partition coefficient (Wildman–Crippen LogP) is 2.13. The average Bonchev–Trinajstić information content (AvgIpc) is 2.94. The van der Waals surface area contributed by atoms with E-state index in [2.05, 4.69) is 20.6 Å². The molecule has 25 heavy (non-hydrogen) atoms. The predicted molar refractivity (Wildman–Crippen MR) is 96.6 cm³/mol. The number of nitrogens with one attached hydrogen (secondary N) is 1. The molecule has 8 heteroatoms. The Morgan fingerprint density at radius 3 is 2.76 bits per heavy atom. The van der Waals surface area contributed by atoms with Crippen LogP contribution in [0.3, 0.4) is 0 Å². The van der Waals surface area contributed by atoms with Gasteiger partial charge < -0.3 is 5.32 Å². The fraction of sp³-hybridized carbons (Fsp3) is 0.353. The fourth-order valence-corrected chi connectivity index (χ4v) is 3.55. The number of rotatable bonds is 5. The first-order chi connectivity index (χ1) is 12.0. The molecular weight excluding hydrogens is 338 g/mol. The third-order valence-corrected chi connectivity index (χ3v) is 5.20. The molecule has 0 fully saturated rings. The monoisotopic (exact) mass is 357 g/mol. The number of nitrogens with zero attached hydrogens (tertiary/aromatic N) is 4. The highest BCUT2D eigenvalue weighted by molar-refractivity contribution is 7.11. The van der Waals surface area contributed by atoms with Crippen LogP contribution in [0.5, 0.6) is 0 Å². The van der Waals surface area contributed by atoms with Crippen LogP contribution in [0, 0.1) is 13.8 Å². The molecule has 3 rings (SSSR count). The number of fused-ring (bicyclic) bond motifs is 1. The molecule has 1 aromatic carbocycles. The van der Waals surface area contributed by atoms with Crippen molar-refractivity contribution in [1.29, 1.82) is 0 Å². The molecule has 0 aliphatic rings. The number of carbonyl (C=O) groups is 1. The first-order valence-corrected chi connectivity index (χ1v) is 8.87. The molecule has 1 N–H and O–H groups in total. The number of hydrogen-bond acceptors (Lipinski definition) is 6. The number of thiazole rings is 1. The third kappa shape index (κ3) is 3.58. The molecule has 0 unspecified atom stereocenters. The maximum Gasteiger partial charge on any atom is 0.278 e. The van der Waals surface area contributed by atoms with Gasteiger partial charge in [0.15, 0.2) is 0 Å². The van der Waals surface area contributed by atoms with Gasteiger partial charge in [0.2, 0.25) is 5.91 Å². The van der Waals surface area contributed by atoms with Crippen molar-refractivity contribution in [3.8, 4) is 0 Å². The molecule has 0 bridgehead atoms. The van der Waals surface area contributed by atoms with Crippen molar-refractivity contribution in [3.63, 3.8) is 0 Å². The van der Waals surface area contributed by atoms with Crippen LogP contribution in [0.15, 0.2) is 29.1 Å². The van der Waals surface area contributed by atoms with Crippen molar-refractivity contribution < 1.29 is 4.79 Å². The highest BCUT2D eigenvalue weighted by Crippen LogP contribution is 2.24. The summed E-state index contributed by atoms with van der Waals surface area (Å²) in [5.74, 6) is -0.288. The van der Waals surface area contributed by atoms with Crippen LogP contribution < -0.4 is 10.9 Å².